The highest BCUT2D eigenvalue weighted by molar-refractivity contribution is 9.10. The van der Waals surface area contributed by atoms with Crippen LogP contribution in [0.1, 0.15) is 34.7 Å². The molecule has 25 heavy (non-hydrogen) atoms. The number of benzene rings is 1. The molecule has 0 saturated heterocycles. The molecule has 2 aliphatic rings. The number of fused-ring (bicyclic) bond motifs is 3. The zero-order valence-electron chi connectivity index (χ0n) is 13.2. The van der Waals surface area contributed by atoms with Gasteiger partial charge >= 0.3 is 0 Å². The lowest BCUT2D eigenvalue weighted by atomic mass is 9.98. The molecule has 2 aromatic heterocycles. The number of rotatable bonds is 2. The third-order valence-electron chi connectivity index (χ3n) is 4.53. The van der Waals surface area contributed by atoms with Crippen LogP contribution in [0.25, 0.3) is 0 Å². The van der Waals surface area contributed by atoms with E-state index < -0.39 is 0 Å². The minimum atomic E-state index is -0.259. The molecule has 1 aromatic carbocycles. The molecule has 0 spiro atoms. The van der Waals surface area contributed by atoms with Gasteiger partial charge in [-0.15, -0.1) is 11.3 Å². The van der Waals surface area contributed by atoms with E-state index in [1.54, 1.807) is 17.5 Å². The molecule has 2 atom stereocenters. The average molecular weight is 412 g/mol. The number of hydrogen-bond donors (Lipinski definition) is 0. The van der Waals surface area contributed by atoms with Gasteiger partial charge in [0.1, 0.15) is 5.75 Å². The van der Waals surface area contributed by atoms with Crippen LogP contribution in [-0.4, -0.2) is 15.7 Å². The lowest BCUT2D eigenvalue weighted by Crippen LogP contribution is -2.33. The summed E-state index contributed by atoms with van der Waals surface area (Å²) in [5, 5.41) is 9.11. The van der Waals surface area contributed by atoms with E-state index in [-0.39, 0.29) is 12.3 Å². The van der Waals surface area contributed by atoms with E-state index in [9.17, 15) is 0 Å². The number of halogens is 1. The standard InChI is InChI=1S/C19H14BrN3OS/c20-13-5-6-17-14(9-13)16-10-15(18-4-2-8-25-18)22-23(16)19(24-17)12-3-1-7-21-11-12/h1-9,11,16,19H,10H2/t16-,19+/m1/s1. The molecule has 0 amide bonds. The number of thiophene rings is 1. The number of hydrazone groups is 1. The van der Waals surface area contributed by atoms with Gasteiger partial charge in [-0.2, -0.15) is 5.10 Å². The van der Waals surface area contributed by atoms with Gasteiger partial charge in [0.25, 0.3) is 0 Å². The molecular weight excluding hydrogens is 398 g/mol. The minimum absolute atomic E-state index is 0.170. The first-order chi connectivity index (χ1) is 12.3. The lowest BCUT2D eigenvalue weighted by molar-refractivity contribution is -0.0192. The molecule has 2 aliphatic heterocycles. The molecule has 0 fully saturated rings. The summed E-state index contributed by atoms with van der Waals surface area (Å²) in [5.41, 5.74) is 3.30. The fourth-order valence-corrected chi connectivity index (χ4v) is 4.49. The highest BCUT2D eigenvalue weighted by Gasteiger charge is 2.41. The van der Waals surface area contributed by atoms with Crippen molar-refractivity contribution in [1.29, 1.82) is 0 Å². The first-order valence-corrected chi connectivity index (χ1v) is 9.72. The van der Waals surface area contributed by atoms with Crippen LogP contribution in [-0.2, 0) is 0 Å². The number of hydrogen-bond acceptors (Lipinski definition) is 5. The van der Waals surface area contributed by atoms with E-state index >= 15 is 0 Å². The monoisotopic (exact) mass is 411 g/mol. The maximum Gasteiger partial charge on any atom is 0.215 e. The van der Waals surface area contributed by atoms with Crippen LogP contribution in [0.5, 0.6) is 5.75 Å². The Hall–Kier alpha value is -2.18. The Kier molecular flexibility index (Phi) is 3.60. The van der Waals surface area contributed by atoms with Crippen molar-refractivity contribution in [1.82, 2.24) is 9.99 Å². The predicted octanol–water partition coefficient (Wildman–Crippen LogP) is 5.15. The van der Waals surface area contributed by atoms with Crippen molar-refractivity contribution >= 4 is 33.0 Å². The second-order valence-corrected chi connectivity index (χ2v) is 7.93. The highest BCUT2D eigenvalue weighted by atomic mass is 79.9. The Morgan fingerprint density at radius 3 is 2.96 bits per heavy atom. The largest absolute Gasteiger partial charge is 0.464 e. The van der Waals surface area contributed by atoms with Crippen molar-refractivity contribution in [2.24, 2.45) is 5.10 Å². The number of nitrogens with zero attached hydrogens (tertiary/aromatic N) is 3. The van der Waals surface area contributed by atoms with Crippen LogP contribution in [0, 0.1) is 0 Å². The van der Waals surface area contributed by atoms with Crippen molar-refractivity contribution < 1.29 is 4.74 Å². The molecule has 0 unspecified atom stereocenters. The van der Waals surface area contributed by atoms with Gasteiger partial charge in [-0.05, 0) is 35.7 Å². The van der Waals surface area contributed by atoms with Crippen LogP contribution >= 0.6 is 27.3 Å². The van der Waals surface area contributed by atoms with Gasteiger partial charge in [0.2, 0.25) is 6.23 Å². The molecule has 0 aliphatic carbocycles. The van der Waals surface area contributed by atoms with Crippen LogP contribution in [0.15, 0.2) is 69.8 Å². The van der Waals surface area contributed by atoms with Crippen molar-refractivity contribution in [3.63, 3.8) is 0 Å². The summed E-state index contributed by atoms with van der Waals surface area (Å²) in [7, 11) is 0. The van der Waals surface area contributed by atoms with E-state index in [0.717, 1.165) is 27.9 Å². The summed E-state index contributed by atoms with van der Waals surface area (Å²) in [6.07, 6.45) is 4.25. The minimum Gasteiger partial charge on any atom is -0.464 e. The summed E-state index contributed by atoms with van der Waals surface area (Å²) >= 11 is 5.31. The van der Waals surface area contributed by atoms with Crippen molar-refractivity contribution in [2.45, 2.75) is 18.7 Å². The summed E-state index contributed by atoms with van der Waals surface area (Å²) in [4.78, 5) is 5.47. The molecule has 4 heterocycles. The first-order valence-electron chi connectivity index (χ1n) is 8.05. The van der Waals surface area contributed by atoms with Crippen molar-refractivity contribution in [3.8, 4) is 5.75 Å². The molecule has 0 radical (unpaired) electrons. The predicted molar refractivity (Wildman–Crippen MR) is 102 cm³/mol. The molecule has 4 nitrogen and oxygen atoms in total. The van der Waals surface area contributed by atoms with Gasteiger partial charge in [-0.25, -0.2) is 5.01 Å². The number of ether oxygens (including phenoxy) is 1. The summed E-state index contributed by atoms with van der Waals surface area (Å²) in [6, 6.07) is 14.5. The van der Waals surface area contributed by atoms with Crippen molar-refractivity contribution in [2.75, 3.05) is 0 Å². The van der Waals surface area contributed by atoms with Crippen LogP contribution < -0.4 is 4.74 Å². The topological polar surface area (TPSA) is 37.7 Å². The van der Waals surface area contributed by atoms with Crippen LogP contribution in [0.3, 0.4) is 0 Å². The Labute approximate surface area is 157 Å². The molecule has 6 heteroatoms. The van der Waals surface area contributed by atoms with E-state index in [1.165, 1.54) is 10.4 Å². The van der Waals surface area contributed by atoms with E-state index in [0.29, 0.717) is 0 Å². The number of pyridine rings is 1. The summed E-state index contributed by atoms with van der Waals surface area (Å²) in [5.74, 6) is 0.918. The lowest BCUT2D eigenvalue weighted by Gasteiger charge is -2.38. The SMILES string of the molecule is Brc1ccc2c(c1)[C@H]1CC(c3cccs3)=NN1[C@H](c1cccnc1)O2. The molecule has 3 aromatic rings. The van der Waals surface area contributed by atoms with Gasteiger partial charge in [-0.1, -0.05) is 28.1 Å². The van der Waals surface area contributed by atoms with Gasteiger partial charge in [-0.3, -0.25) is 4.98 Å². The third kappa shape index (κ3) is 2.56. The van der Waals surface area contributed by atoms with Gasteiger partial charge in [0.15, 0.2) is 0 Å². The van der Waals surface area contributed by atoms with Gasteiger partial charge in [0, 0.05) is 34.4 Å². The molecule has 0 saturated carbocycles. The normalized spacial score (nSPS) is 21.3. The average Bonchev–Trinajstić information content (AvgIpc) is 3.31. The smallest absolute Gasteiger partial charge is 0.215 e. The maximum absolute atomic E-state index is 6.31. The molecule has 5 rings (SSSR count). The Balaban J connectivity index is 1.62. The van der Waals surface area contributed by atoms with E-state index in [2.05, 4.69) is 49.5 Å². The third-order valence-corrected chi connectivity index (χ3v) is 5.94. The second kappa shape index (κ2) is 5.97. The highest BCUT2D eigenvalue weighted by Crippen LogP contribution is 2.48. The molecule has 124 valence electrons. The Bertz CT molecular complexity index is 943. The fourth-order valence-electron chi connectivity index (χ4n) is 3.39. The zero-order chi connectivity index (χ0) is 16.8. The second-order valence-electron chi connectivity index (χ2n) is 6.06. The van der Waals surface area contributed by atoms with E-state index in [4.69, 9.17) is 9.84 Å². The van der Waals surface area contributed by atoms with E-state index in [1.807, 2.05) is 30.5 Å². The fraction of sp³-hybridized carbons (Fsp3) is 0.158. The zero-order valence-corrected chi connectivity index (χ0v) is 15.6. The summed E-state index contributed by atoms with van der Waals surface area (Å²) < 4.78 is 7.37. The van der Waals surface area contributed by atoms with Crippen LogP contribution in [0.4, 0.5) is 0 Å². The molecular formula is C19H14BrN3OS. The van der Waals surface area contributed by atoms with Crippen LogP contribution in [0.2, 0.25) is 0 Å². The van der Waals surface area contributed by atoms with Gasteiger partial charge < -0.3 is 4.74 Å². The Morgan fingerprint density at radius 2 is 2.16 bits per heavy atom. The maximum atomic E-state index is 6.31. The molecule has 0 N–H and O–H groups in total. The van der Waals surface area contributed by atoms with Crippen molar-refractivity contribution in [3.05, 3.63) is 80.7 Å². The summed E-state index contributed by atoms with van der Waals surface area (Å²) in [6.45, 7) is 0. The Morgan fingerprint density at radius 1 is 1.20 bits per heavy atom. The first kappa shape index (κ1) is 15.1. The van der Waals surface area contributed by atoms with Gasteiger partial charge in [0.05, 0.1) is 16.6 Å². The number of aromatic nitrogens is 1. The molecule has 0 bridgehead atoms. The quantitative estimate of drug-likeness (QED) is 0.585.